The second kappa shape index (κ2) is 7.13. The van der Waals surface area contributed by atoms with Crippen LogP contribution in [-0.4, -0.2) is 54.1 Å². The van der Waals surface area contributed by atoms with Gasteiger partial charge in [-0.2, -0.15) is 0 Å². The van der Waals surface area contributed by atoms with Crippen LogP contribution in [0.3, 0.4) is 0 Å². The van der Waals surface area contributed by atoms with Gasteiger partial charge in [0, 0.05) is 19.1 Å². The number of benzene rings is 1. The van der Waals surface area contributed by atoms with Crippen molar-refractivity contribution in [2.75, 3.05) is 13.1 Å². The highest BCUT2D eigenvalue weighted by molar-refractivity contribution is 7.90. The minimum atomic E-state index is -3.15. The second-order valence-corrected chi connectivity index (χ2v) is 8.84. The number of nitrogens with one attached hydrogen (secondary N) is 1. The number of carboxylic acid groups (broad SMARTS) is 1. The van der Waals surface area contributed by atoms with Gasteiger partial charge in [-0.3, -0.25) is 4.79 Å². The van der Waals surface area contributed by atoms with E-state index in [1.165, 1.54) is 10.4 Å². The Morgan fingerprint density at radius 3 is 2.36 bits per heavy atom. The lowest BCUT2D eigenvalue weighted by atomic mass is 10.0. The van der Waals surface area contributed by atoms with Crippen LogP contribution < -0.4 is 5.32 Å². The maximum absolute atomic E-state index is 12.2. The third-order valence-electron chi connectivity index (χ3n) is 4.72. The molecule has 0 aromatic heterocycles. The van der Waals surface area contributed by atoms with Crippen LogP contribution in [0.4, 0.5) is 0 Å². The van der Waals surface area contributed by atoms with Gasteiger partial charge in [-0.05, 0) is 37.3 Å². The van der Waals surface area contributed by atoms with Gasteiger partial charge in [0.1, 0.15) is 0 Å². The van der Waals surface area contributed by atoms with Crippen molar-refractivity contribution in [3.05, 3.63) is 35.4 Å². The first kappa shape index (κ1) is 17.9. The Labute approximate surface area is 147 Å². The van der Waals surface area contributed by atoms with Crippen LogP contribution in [0.1, 0.15) is 41.6 Å². The molecular weight excluding hydrogens is 344 g/mol. The molecule has 1 saturated heterocycles. The fraction of sp³-hybridized carbons (Fsp3) is 0.529. The maximum Gasteiger partial charge on any atom is 0.335 e. The van der Waals surface area contributed by atoms with E-state index in [1.807, 2.05) is 0 Å². The molecule has 2 fully saturated rings. The Hall–Kier alpha value is -1.93. The van der Waals surface area contributed by atoms with Crippen LogP contribution in [0, 0.1) is 0 Å². The van der Waals surface area contributed by atoms with Gasteiger partial charge in [-0.15, -0.1) is 0 Å². The van der Waals surface area contributed by atoms with E-state index in [2.05, 4.69) is 5.32 Å². The van der Waals surface area contributed by atoms with Crippen molar-refractivity contribution in [2.45, 2.75) is 43.4 Å². The standard InChI is InChI=1S/C17H22N2O5S/c20-16(11-12-3-1-2-4-15(12)17(21)22)18-13-7-9-19(10-8-13)25(23,24)14-5-6-14/h1-4,13-14H,5-11H2,(H,18,20)(H,21,22). The van der Waals surface area contributed by atoms with Gasteiger partial charge >= 0.3 is 5.97 Å². The smallest absolute Gasteiger partial charge is 0.335 e. The van der Waals surface area contributed by atoms with Crippen molar-refractivity contribution < 1.29 is 23.1 Å². The van der Waals surface area contributed by atoms with Crippen molar-refractivity contribution in [3.63, 3.8) is 0 Å². The topological polar surface area (TPSA) is 104 Å². The number of amides is 1. The Kier molecular flexibility index (Phi) is 5.10. The lowest BCUT2D eigenvalue weighted by Gasteiger charge is -2.31. The number of carbonyl (C=O) groups is 2. The first-order valence-corrected chi connectivity index (χ1v) is 9.98. The number of hydrogen-bond donors (Lipinski definition) is 2. The average Bonchev–Trinajstić information content (AvgIpc) is 3.41. The molecule has 1 aromatic rings. The number of carboxylic acids is 1. The van der Waals surface area contributed by atoms with E-state index in [0.29, 0.717) is 31.5 Å². The summed E-state index contributed by atoms with van der Waals surface area (Å²) in [5, 5.41) is 11.9. The zero-order valence-corrected chi connectivity index (χ0v) is 14.7. The zero-order chi connectivity index (χ0) is 18.0. The van der Waals surface area contributed by atoms with Crippen molar-refractivity contribution in [1.82, 2.24) is 9.62 Å². The molecule has 0 spiro atoms. The molecule has 0 atom stereocenters. The average molecular weight is 366 g/mol. The van der Waals surface area contributed by atoms with Gasteiger partial charge in [-0.1, -0.05) is 18.2 Å². The van der Waals surface area contributed by atoms with Crippen molar-refractivity contribution in [1.29, 1.82) is 0 Å². The van der Waals surface area contributed by atoms with Gasteiger partial charge in [0.25, 0.3) is 0 Å². The van der Waals surface area contributed by atoms with Gasteiger partial charge < -0.3 is 10.4 Å². The van der Waals surface area contributed by atoms with E-state index >= 15 is 0 Å². The van der Waals surface area contributed by atoms with E-state index in [1.54, 1.807) is 18.2 Å². The highest BCUT2D eigenvalue weighted by Gasteiger charge is 2.41. The van der Waals surface area contributed by atoms with E-state index in [0.717, 1.165) is 12.8 Å². The Bertz CT molecular complexity index is 765. The lowest BCUT2D eigenvalue weighted by molar-refractivity contribution is -0.121. The first-order chi connectivity index (χ1) is 11.9. The van der Waals surface area contributed by atoms with Crippen LogP contribution in [0.25, 0.3) is 0 Å². The van der Waals surface area contributed by atoms with Crippen LogP contribution in [0.5, 0.6) is 0 Å². The molecule has 136 valence electrons. The summed E-state index contributed by atoms with van der Waals surface area (Å²) < 4.78 is 25.9. The number of carbonyl (C=O) groups excluding carboxylic acids is 1. The maximum atomic E-state index is 12.2. The Morgan fingerprint density at radius 1 is 1.12 bits per heavy atom. The van der Waals surface area contributed by atoms with E-state index < -0.39 is 16.0 Å². The van der Waals surface area contributed by atoms with E-state index in [-0.39, 0.29) is 29.2 Å². The number of aromatic carboxylic acids is 1. The summed E-state index contributed by atoms with van der Waals surface area (Å²) in [4.78, 5) is 23.4. The largest absolute Gasteiger partial charge is 0.478 e. The molecule has 1 heterocycles. The molecule has 0 bridgehead atoms. The quantitative estimate of drug-likeness (QED) is 0.782. The molecule has 8 heteroatoms. The molecule has 2 aliphatic rings. The molecule has 0 unspecified atom stereocenters. The summed E-state index contributed by atoms with van der Waals surface area (Å²) in [6.07, 6.45) is 2.67. The summed E-state index contributed by atoms with van der Waals surface area (Å²) in [5.74, 6) is -1.29. The van der Waals surface area contributed by atoms with Gasteiger partial charge in [-0.25, -0.2) is 17.5 Å². The van der Waals surface area contributed by atoms with E-state index in [9.17, 15) is 18.0 Å². The number of rotatable bonds is 6. The number of piperidine rings is 1. The monoisotopic (exact) mass is 366 g/mol. The number of hydrogen-bond acceptors (Lipinski definition) is 4. The molecule has 0 radical (unpaired) electrons. The summed E-state index contributed by atoms with van der Waals surface area (Å²) in [7, 11) is -3.15. The highest BCUT2D eigenvalue weighted by atomic mass is 32.2. The first-order valence-electron chi connectivity index (χ1n) is 8.47. The van der Waals surface area contributed by atoms with Gasteiger partial charge in [0.2, 0.25) is 15.9 Å². The summed E-state index contributed by atoms with van der Waals surface area (Å²) in [5.41, 5.74) is 0.601. The molecule has 1 saturated carbocycles. The minimum absolute atomic E-state index is 0.00304. The fourth-order valence-electron chi connectivity index (χ4n) is 3.17. The van der Waals surface area contributed by atoms with E-state index in [4.69, 9.17) is 5.11 Å². The minimum Gasteiger partial charge on any atom is -0.478 e. The van der Waals surface area contributed by atoms with Crippen LogP contribution in [0.2, 0.25) is 0 Å². The molecule has 1 aliphatic carbocycles. The molecular formula is C17H22N2O5S. The zero-order valence-electron chi connectivity index (χ0n) is 13.8. The molecule has 1 amide bonds. The van der Waals surface area contributed by atoms with Crippen molar-refractivity contribution in [2.24, 2.45) is 0 Å². The summed E-state index contributed by atoms with van der Waals surface area (Å²) >= 11 is 0. The van der Waals surface area contributed by atoms with Crippen LogP contribution in [0.15, 0.2) is 24.3 Å². The molecule has 7 nitrogen and oxygen atoms in total. The fourth-order valence-corrected chi connectivity index (χ4v) is 5.04. The molecule has 3 rings (SSSR count). The highest BCUT2D eigenvalue weighted by Crippen LogP contribution is 2.32. The van der Waals surface area contributed by atoms with Gasteiger partial charge in [0.15, 0.2) is 0 Å². The summed E-state index contributed by atoms with van der Waals surface area (Å²) in [6.45, 7) is 0.852. The van der Waals surface area contributed by atoms with Gasteiger partial charge in [0.05, 0.1) is 17.2 Å². The summed E-state index contributed by atoms with van der Waals surface area (Å²) in [6, 6.07) is 6.37. The normalized spacial score (nSPS) is 19.5. The molecule has 2 N–H and O–H groups in total. The SMILES string of the molecule is O=C(Cc1ccccc1C(=O)O)NC1CCN(S(=O)(=O)C2CC2)CC1. The van der Waals surface area contributed by atoms with Crippen molar-refractivity contribution >= 4 is 21.9 Å². The predicted molar refractivity (Wildman–Crippen MR) is 91.8 cm³/mol. The lowest BCUT2D eigenvalue weighted by Crippen LogP contribution is -2.47. The van der Waals surface area contributed by atoms with Crippen LogP contribution >= 0.6 is 0 Å². The second-order valence-electron chi connectivity index (χ2n) is 6.62. The number of sulfonamides is 1. The Balaban J connectivity index is 1.52. The van der Waals surface area contributed by atoms with Crippen LogP contribution in [-0.2, 0) is 21.2 Å². The Morgan fingerprint density at radius 2 is 1.76 bits per heavy atom. The predicted octanol–water partition coefficient (Wildman–Crippen LogP) is 1.00. The molecule has 1 aliphatic heterocycles. The third kappa shape index (κ3) is 4.19. The third-order valence-corrected chi connectivity index (χ3v) is 7.12. The molecule has 1 aromatic carbocycles. The van der Waals surface area contributed by atoms with Crippen molar-refractivity contribution in [3.8, 4) is 0 Å². The number of nitrogens with zero attached hydrogens (tertiary/aromatic N) is 1. The molecule has 25 heavy (non-hydrogen) atoms.